The minimum absolute atomic E-state index is 0.854. The second-order valence-electron chi connectivity index (χ2n) is 4.75. The molecule has 0 heterocycles. The van der Waals surface area contributed by atoms with E-state index in [-0.39, 0.29) is 0 Å². The maximum absolute atomic E-state index is 11.6. The van der Waals surface area contributed by atoms with Crippen molar-refractivity contribution in [3.8, 4) is 0 Å². The Kier molecular flexibility index (Phi) is 5.15. The van der Waals surface area contributed by atoms with Crippen LogP contribution in [-0.2, 0) is 3.27 Å². The van der Waals surface area contributed by atoms with E-state index >= 15 is 0 Å². The third kappa shape index (κ3) is 3.34. The second-order valence-corrected chi connectivity index (χ2v) is 8.99. The molecule has 0 unspecified atom stereocenters. The summed E-state index contributed by atoms with van der Waals surface area (Å²) in [6.07, 6.45) is 0. The third-order valence-corrected chi connectivity index (χ3v) is 8.31. The lowest BCUT2D eigenvalue weighted by atomic mass is 10.4. The van der Waals surface area contributed by atoms with Crippen LogP contribution in [0.3, 0.4) is 0 Å². The molecular formula is C18H15BrO3S. The van der Waals surface area contributed by atoms with Gasteiger partial charge in [0.25, 0.3) is 0 Å². The topological polar surface area (TPSA) is 55.3 Å². The lowest BCUT2D eigenvalue weighted by Gasteiger charge is -2.33. The van der Waals surface area contributed by atoms with Gasteiger partial charge in [0, 0.05) is 28.3 Å². The lowest BCUT2D eigenvalue weighted by molar-refractivity contribution is -1.62. The van der Waals surface area contributed by atoms with E-state index in [1.165, 1.54) is 0 Å². The predicted molar refractivity (Wildman–Crippen MR) is 82.8 cm³/mol. The normalized spacial score (nSPS) is 12.3. The molecule has 0 aliphatic rings. The molecule has 3 aromatic carbocycles. The Bertz CT molecular complexity index is 639. The van der Waals surface area contributed by atoms with Crippen molar-refractivity contribution in [3.05, 3.63) is 91.0 Å². The van der Waals surface area contributed by atoms with Gasteiger partial charge in [0.15, 0.2) is 0 Å². The summed E-state index contributed by atoms with van der Waals surface area (Å²) in [5.74, 6) is 0. The highest BCUT2D eigenvalue weighted by Crippen LogP contribution is 2.69. The van der Waals surface area contributed by atoms with Crippen LogP contribution >= 0.6 is 10.3 Å². The summed E-state index contributed by atoms with van der Waals surface area (Å²) in [6, 6.07) is 28.6. The van der Waals surface area contributed by atoms with Crippen LogP contribution in [0.25, 0.3) is 0 Å². The zero-order chi connectivity index (χ0) is 16.1. The summed E-state index contributed by atoms with van der Waals surface area (Å²) in [5, 5.41) is 0. The van der Waals surface area contributed by atoms with Crippen molar-refractivity contribution in [2.45, 2.75) is 14.7 Å². The molecule has 0 amide bonds. The van der Waals surface area contributed by atoms with Crippen LogP contribution in [0.2, 0.25) is 0 Å². The van der Waals surface area contributed by atoms with E-state index in [9.17, 15) is 8.40 Å². The fourth-order valence-corrected chi connectivity index (χ4v) is 7.59. The van der Waals surface area contributed by atoms with Crippen molar-refractivity contribution in [2.24, 2.45) is 0 Å². The van der Waals surface area contributed by atoms with Gasteiger partial charge in [0.1, 0.15) is 0 Å². The van der Waals surface area contributed by atoms with Crippen LogP contribution in [-0.4, -0.2) is 0 Å². The second kappa shape index (κ2) is 7.29. The van der Waals surface area contributed by atoms with Crippen molar-refractivity contribution >= 4 is 10.3 Å². The van der Waals surface area contributed by atoms with Crippen molar-refractivity contribution in [1.82, 2.24) is 0 Å². The average Bonchev–Trinajstić information content (AvgIpc) is 2.62. The maximum Gasteiger partial charge on any atom is 0.453 e. The smallest absolute Gasteiger partial charge is 0.371 e. The van der Waals surface area contributed by atoms with Crippen LogP contribution in [0.4, 0.5) is 0 Å². The van der Waals surface area contributed by atoms with Crippen molar-refractivity contribution in [3.63, 3.8) is 0 Å². The third-order valence-electron chi connectivity index (χ3n) is 3.37. The van der Waals surface area contributed by atoms with Crippen LogP contribution in [0.5, 0.6) is 0 Å². The first-order chi connectivity index (χ1) is 11.2. The fraction of sp³-hybridized carbons (Fsp3) is 0. The molecule has 0 saturated heterocycles. The quantitative estimate of drug-likeness (QED) is 0.672. The molecule has 3 nitrogen and oxygen atoms in total. The standard InChI is InChI=1S/C18H15BrO3S/c20-19(21)22-23(16-10-4-1-5-11-16,17-12-6-2-7-13-17)18-14-8-3-9-15-18/h1-15H. The number of hydrogen-bond donors (Lipinski definition) is 0. The van der Waals surface area contributed by atoms with E-state index in [4.69, 9.17) is 3.27 Å². The molecule has 0 aromatic heterocycles. The molecule has 5 heteroatoms. The molecule has 0 radical (unpaired) electrons. The molecular weight excluding hydrogens is 376 g/mol. The van der Waals surface area contributed by atoms with Gasteiger partial charge in [-0.2, -0.15) is 0 Å². The maximum atomic E-state index is 11.6. The van der Waals surface area contributed by atoms with Crippen LogP contribution in [0, 0.1) is 14.8 Å². The molecule has 0 atom stereocenters. The van der Waals surface area contributed by atoms with Crippen molar-refractivity contribution in [2.75, 3.05) is 0 Å². The molecule has 3 aromatic rings. The van der Waals surface area contributed by atoms with Gasteiger partial charge in [0.05, 0.1) is 0 Å². The Morgan fingerprint density at radius 3 is 1.13 bits per heavy atom. The molecule has 0 fully saturated rings. The summed E-state index contributed by atoms with van der Waals surface area (Å²) in [6.45, 7) is 0. The Morgan fingerprint density at radius 2 is 0.870 bits per heavy atom. The Labute approximate surface area is 142 Å². The number of halogens is 1. The Balaban J connectivity index is 2.30. The Morgan fingerprint density at radius 1 is 0.565 bits per heavy atom. The molecule has 0 aliphatic carbocycles. The van der Waals surface area contributed by atoms with E-state index in [1.54, 1.807) is 0 Å². The zero-order valence-corrected chi connectivity index (χ0v) is 14.6. The first-order valence-corrected chi connectivity index (χ1v) is 10.5. The number of hydrogen-bond acceptors (Lipinski definition) is 3. The van der Waals surface area contributed by atoms with Gasteiger partial charge in [-0.15, -0.1) is 0 Å². The summed E-state index contributed by atoms with van der Waals surface area (Å²) in [4.78, 5) is 2.56. The van der Waals surface area contributed by atoms with Crippen molar-refractivity contribution < 1.29 is 26.5 Å². The largest absolute Gasteiger partial charge is 0.453 e. The van der Waals surface area contributed by atoms with Gasteiger partial charge in [-0.3, -0.25) is 0 Å². The minimum Gasteiger partial charge on any atom is -0.371 e. The molecule has 0 aliphatic heterocycles. The molecule has 0 spiro atoms. The first kappa shape index (κ1) is 16.2. The summed E-state index contributed by atoms with van der Waals surface area (Å²) < 4.78 is 28.9. The molecule has 0 N–H and O–H groups in total. The molecule has 23 heavy (non-hydrogen) atoms. The fourth-order valence-electron chi connectivity index (χ4n) is 2.43. The van der Waals surface area contributed by atoms with E-state index in [0.29, 0.717) is 0 Å². The highest BCUT2D eigenvalue weighted by molar-refractivity contribution is 8.29. The van der Waals surface area contributed by atoms with Gasteiger partial charge in [-0.1, -0.05) is 54.6 Å². The van der Waals surface area contributed by atoms with E-state index < -0.39 is 25.1 Å². The van der Waals surface area contributed by atoms with Crippen LogP contribution < -0.4 is 8.40 Å². The molecule has 0 bridgehead atoms. The van der Waals surface area contributed by atoms with E-state index in [1.807, 2.05) is 91.0 Å². The Hall–Kier alpha value is -1.63. The lowest BCUT2D eigenvalue weighted by Crippen LogP contribution is -2.35. The summed E-state index contributed by atoms with van der Waals surface area (Å²) >= 11 is -3.42. The monoisotopic (exact) mass is 390 g/mol. The highest BCUT2D eigenvalue weighted by atomic mass is 80.0. The highest BCUT2D eigenvalue weighted by Gasteiger charge is 2.42. The summed E-state index contributed by atoms with van der Waals surface area (Å²) in [7, 11) is -2.31. The number of rotatable bonds is 5. The first-order valence-electron chi connectivity index (χ1n) is 6.97. The minimum atomic E-state index is -3.42. The van der Waals surface area contributed by atoms with Gasteiger partial charge in [-0.25, -0.2) is 0 Å². The summed E-state index contributed by atoms with van der Waals surface area (Å²) in [5.41, 5.74) is 0. The van der Waals surface area contributed by atoms with Crippen LogP contribution in [0.1, 0.15) is 0 Å². The average molecular weight is 391 g/mol. The van der Waals surface area contributed by atoms with Gasteiger partial charge < -0.3 is 8.40 Å². The van der Waals surface area contributed by atoms with Crippen molar-refractivity contribution in [1.29, 1.82) is 0 Å². The predicted octanol–water partition coefficient (Wildman–Crippen LogP) is 2.99. The van der Waals surface area contributed by atoms with Gasteiger partial charge >= 0.3 is 14.8 Å². The number of benzene rings is 3. The van der Waals surface area contributed by atoms with Crippen LogP contribution in [0.15, 0.2) is 106 Å². The van der Waals surface area contributed by atoms with Gasteiger partial charge in [-0.05, 0) is 36.4 Å². The SMILES string of the molecule is [O-][Br+2]([O-])OS(c1ccccc1)(c1ccccc1)c1ccccc1. The van der Waals surface area contributed by atoms with E-state index in [2.05, 4.69) is 0 Å². The molecule has 3 rings (SSSR count). The zero-order valence-electron chi connectivity index (χ0n) is 12.2. The van der Waals surface area contributed by atoms with Gasteiger partial charge in [0.2, 0.25) is 0 Å². The molecule has 118 valence electrons. The van der Waals surface area contributed by atoms with E-state index in [0.717, 1.165) is 14.7 Å². The molecule has 0 saturated carbocycles.